The molecule has 144 valence electrons. The van der Waals surface area contributed by atoms with Crippen molar-refractivity contribution < 1.29 is 18.7 Å². The second-order valence-corrected chi connectivity index (χ2v) is 5.79. The summed E-state index contributed by atoms with van der Waals surface area (Å²) < 4.78 is 20.6. The summed E-state index contributed by atoms with van der Waals surface area (Å²) in [6, 6.07) is 12.4. The predicted octanol–water partition coefficient (Wildman–Crippen LogP) is 1.83. The molecular weight excluding hydrogens is 365 g/mol. The summed E-state index contributed by atoms with van der Waals surface area (Å²) >= 11 is 0. The van der Waals surface area contributed by atoms with Crippen molar-refractivity contribution in [2.45, 2.75) is 13.5 Å². The lowest BCUT2D eigenvalue weighted by Gasteiger charge is -2.10. The number of carbonyl (C=O) groups is 2. The molecule has 0 saturated carbocycles. The number of para-hydroxylation sites is 1. The molecule has 1 aromatic heterocycles. The van der Waals surface area contributed by atoms with Crippen LogP contribution in [0.2, 0.25) is 0 Å². The number of aromatic nitrogens is 3. The summed E-state index contributed by atoms with van der Waals surface area (Å²) in [5.41, 5.74) is 6.57. The topological polar surface area (TPSA) is 112 Å². The van der Waals surface area contributed by atoms with E-state index in [0.717, 1.165) is 0 Å². The normalized spacial score (nSPS) is 10.5. The summed E-state index contributed by atoms with van der Waals surface area (Å²) in [6.07, 6.45) is 0. The third-order valence-electron chi connectivity index (χ3n) is 3.91. The van der Waals surface area contributed by atoms with Crippen LogP contribution in [0.15, 0.2) is 48.5 Å². The lowest BCUT2D eigenvalue weighted by atomic mass is 10.2. The first-order chi connectivity index (χ1) is 13.5. The van der Waals surface area contributed by atoms with Crippen LogP contribution in [0.5, 0.6) is 5.75 Å². The van der Waals surface area contributed by atoms with Crippen LogP contribution in [0.4, 0.5) is 4.39 Å². The Labute approximate surface area is 160 Å². The van der Waals surface area contributed by atoms with E-state index in [1.807, 2.05) is 6.92 Å². The van der Waals surface area contributed by atoms with Gasteiger partial charge in [-0.1, -0.05) is 17.3 Å². The molecule has 0 radical (unpaired) electrons. The van der Waals surface area contributed by atoms with Gasteiger partial charge < -0.3 is 15.8 Å². The van der Waals surface area contributed by atoms with E-state index in [9.17, 15) is 14.0 Å². The molecule has 0 fully saturated rings. The number of hydrogen-bond acceptors (Lipinski definition) is 5. The smallest absolute Gasteiger partial charge is 0.271 e. The van der Waals surface area contributed by atoms with Gasteiger partial charge in [-0.25, -0.2) is 9.07 Å². The van der Waals surface area contributed by atoms with Crippen molar-refractivity contribution in [2.24, 2.45) is 5.73 Å². The summed E-state index contributed by atoms with van der Waals surface area (Å²) in [5, 5.41) is 10.4. The van der Waals surface area contributed by atoms with Gasteiger partial charge in [-0.15, -0.1) is 5.10 Å². The maximum atomic E-state index is 13.8. The van der Waals surface area contributed by atoms with Crippen LogP contribution in [-0.4, -0.2) is 33.4 Å². The van der Waals surface area contributed by atoms with Gasteiger partial charge in [0.2, 0.25) is 0 Å². The number of ether oxygens (including phenoxy) is 1. The molecule has 2 amide bonds. The average molecular weight is 383 g/mol. The Morgan fingerprint density at radius 3 is 2.54 bits per heavy atom. The van der Waals surface area contributed by atoms with Gasteiger partial charge in [0.25, 0.3) is 11.8 Å². The van der Waals surface area contributed by atoms with Crippen molar-refractivity contribution in [3.05, 3.63) is 71.3 Å². The first-order valence-electron chi connectivity index (χ1n) is 8.51. The van der Waals surface area contributed by atoms with Gasteiger partial charge in [-0.05, 0) is 43.3 Å². The van der Waals surface area contributed by atoms with Crippen molar-refractivity contribution in [1.29, 1.82) is 0 Å². The number of benzene rings is 2. The fraction of sp³-hybridized carbons (Fsp3) is 0.158. The van der Waals surface area contributed by atoms with Crippen molar-refractivity contribution in [3.63, 3.8) is 0 Å². The molecule has 0 bridgehead atoms. The van der Waals surface area contributed by atoms with Gasteiger partial charge in [0.1, 0.15) is 12.3 Å². The Morgan fingerprint density at radius 2 is 1.89 bits per heavy atom. The van der Waals surface area contributed by atoms with E-state index in [0.29, 0.717) is 17.8 Å². The standard InChI is InChI=1S/C19H18FN5O3/c1-2-22-19(27)12-7-9-13(10-8-12)25-15(17(18(21)26)23-24-25)11-28-16-6-4-3-5-14(16)20/h3-10H,2,11H2,1H3,(H2,21,26)(H,22,27). The Bertz CT molecular complexity index is 1000. The molecular formula is C19H18FN5O3. The molecule has 0 aliphatic carbocycles. The van der Waals surface area contributed by atoms with Crippen LogP contribution in [0.25, 0.3) is 5.69 Å². The Hall–Kier alpha value is -3.75. The first-order valence-corrected chi connectivity index (χ1v) is 8.51. The van der Waals surface area contributed by atoms with Gasteiger partial charge in [-0.3, -0.25) is 9.59 Å². The van der Waals surface area contributed by atoms with Crippen molar-refractivity contribution in [2.75, 3.05) is 6.54 Å². The molecule has 0 unspecified atom stereocenters. The van der Waals surface area contributed by atoms with Crippen molar-refractivity contribution >= 4 is 11.8 Å². The minimum absolute atomic E-state index is 0.0252. The number of primary amides is 1. The molecule has 3 N–H and O–H groups in total. The summed E-state index contributed by atoms with van der Waals surface area (Å²) in [5.74, 6) is -1.49. The Morgan fingerprint density at radius 1 is 1.18 bits per heavy atom. The van der Waals surface area contributed by atoms with E-state index < -0.39 is 11.7 Å². The highest BCUT2D eigenvalue weighted by Gasteiger charge is 2.20. The van der Waals surface area contributed by atoms with Crippen molar-refractivity contribution in [3.8, 4) is 11.4 Å². The molecule has 0 spiro atoms. The molecule has 0 aliphatic rings. The quantitative estimate of drug-likeness (QED) is 0.646. The number of carbonyl (C=O) groups excluding carboxylic acids is 2. The van der Waals surface area contributed by atoms with E-state index in [-0.39, 0.29) is 29.7 Å². The van der Waals surface area contributed by atoms with E-state index in [2.05, 4.69) is 15.6 Å². The fourth-order valence-electron chi connectivity index (χ4n) is 2.55. The minimum atomic E-state index is -0.780. The number of nitrogens with two attached hydrogens (primary N) is 1. The molecule has 28 heavy (non-hydrogen) atoms. The molecule has 3 rings (SSSR count). The van der Waals surface area contributed by atoms with Gasteiger partial charge in [-0.2, -0.15) is 0 Å². The predicted molar refractivity (Wildman–Crippen MR) is 98.6 cm³/mol. The third-order valence-corrected chi connectivity index (χ3v) is 3.91. The number of rotatable bonds is 7. The van der Waals surface area contributed by atoms with E-state index in [1.54, 1.807) is 36.4 Å². The van der Waals surface area contributed by atoms with Crippen LogP contribution in [0.3, 0.4) is 0 Å². The summed E-state index contributed by atoms with van der Waals surface area (Å²) in [4.78, 5) is 23.6. The largest absolute Gasteiger partial charge is 0.484 e. The highest BCUT2D eigenvalue weighted by Crippen LogP contribution is 2.20. The van der Waals surface area contributed by atoms with Crippen molar-refractivity contribution in [1.82, 2.24) is 20.3 Å². The summed E-state index contributed by atoms with van der Waals surface area (Å²) in [6.45, 7) is 2.17. The Kier molecular flexibility index (Phi) is 5.64. The SMILES string of the molecule is CCNC(=O)c1ccc(-n2nnc(C(N)=O)c2COc2ccccc2F)cc1. The van der Waals surface area contributed by atoms with Gasteiger partial charge in [0.15, 0.2) is 17.3 Å². The third kappa shape index (κ3) is 3.98. The molecule has 3 aromatic rings. The molecule has 8 nitrogen and oxygen atoms in total. The molecule has 2 aromatic carbocycles. The highest BCUT2D eigenvalue weighted by molar-refractivity contribution is 5.94. The van der Waals surface area contributed by atoms with Crippen LogP contribution < -0.4 is 15.8 Å². The molecule has 0 atom stereocenters. The van der Waals surface area contributed by atoms with Gasteiger partial charge >= 0.3 is 0 Å². The molecule has 1 heterocycles. The Balaban J connectivity index is 1.90. The van der Waals surface area contributed by atoms with Gasteiger partial charge in [0, 0.05) is 12.1 Å². The molecule has 0 saturated heterocycles. The molecule has 9 heteroatoms. The fourth-order valence-corrected chi connectivity index (χ4v) is 2.55. The average Bonchev–Trinajstić information content (AvgIpc) is 3.12. The van der Waals surface area contributed by atoms with E-state index >= 15 is 0 Å². The number of amides is 2. The second-order valence-electron chi connectivity index (χ2n) is 5.79. The van der Waals surface area contributed by atoms with Crippen LogP contribution in [0, 0.1) is 5.82 Å². The lowest BCUT2D eigenvalue weighted by Crippen LogP contribution is -2.22. The lowest BCUT2D eigenvalue weighted by molar-refractivity contribution is 0.0954. The molecule has 0 aliphatic heterocycles. The minimum Gasteiger partial charge on any atom is -0.484 e. The monoisotopic (exact) mass is 383 g/mol. The zero-order valence-corrected chi connectivity index (χ0v) is 15.1. The maximum absolute atomic E-state index is 13.8. The number of hydrogen-bond donors (Lipinski definition) is 2. The van der Waals surface area contributed by atoms with E-state index in [1.165, 1.54) is 16.8 Å². The number of halogens is 1. The maximum Gasteiger partial charge on any atom is 0.271 e. The van der Waals surface area contributed by atoms with E-state index in [4.69, 9.17) is 10.5 Å². The van der Waals surface area contributed by atoms with Gasteiger partial charge in [0.05, 0.1) is 5.69 Å². The summed E-state index contributed by atoms with van der Waals surface area (Å²) in [7, 11) is 0. The highest BCUT2D eigenvalue weighted by atomic mass is 19.1. The number of nitrogens with zero attached hydrogens (tertiary/aromatic N) is 3. The second kappa shape index (κ2) is 8.30. The van der Waals surface area contributed by atoms with Crippen LogP contribution >= 0.6 is 0 Å². The first kappa shape index (κ1) is 19.0. The van der Waals surface area contributed by atoms with Crippen LogP contribution in [0.1, 0.15) is 33.5 Å². The number of nitrogens with one attached hydrogen (secondary N) is 1. The zero-order chi connectivity index (χ0) is 20.1. The zero-order valence-electron chi connectivity index (χ0n) is 15.1. The van der Waals surface area contributed by atoms with Crippen LogP contribution in [-0.2, 0) is 6.61 Å².